The van der Waals surface area contributed by atoms with Gasteiger partial charge in [0.1, 0.15) is 5.75 Å². The third-order valence-electron chi connectivity index (χ3n) is 4.69. The van der Waals surface area contributed by atoms with Crippen molar-refractivity contribution in [3.63, 3.8) is 0 Å². The van der Waals surface area contributed by atoms with Gasteiger partial charge in [-0.15, -0.1) is 18.3 Å². The van der Waals surface area contributed by atoms with Crippen LogP contribution in [0.25, 0.3) is 11.4 Å². The van der Waals surface area contributed by atoms with Gasteiger partial charge in [0.15, 0.2) is 5.82 Å². The van der Waals surface area contributed by atoms with Gasteiger partial charge < -0.3 is 4.74 Å². The molecule has 0 unspecified atom stereocenters. The SMILES string of the molecule is O=S(=O)(c1ccc(OC(F)(F)F)cc1)N(Cc1ccc(-c2nnn[nH]2)cc1)Cc1ccccn1. The first-order valence-electron chi connectivity index (χ1n) is 9.80. The molecule has 2 heterocycles. The largest absolute Gasteiger partial charge is 0.573 e. The Labute approximate surface area is 192 Å². The zero-order valence-electron chi connectivity index (χ0n) is 17.3. The molecule has 13 heteroatoms. The Hall–Kier alpha value is -3.84. The van der Waals surface area contributed by atoms with Crippen molar-refractivity contribution < 1.29 is 26.3 Å². The lowest BCUT2D eigenvalue weighted by atomic mass is 10.1. The van der Waals surface area contributed by atoms with E-state index in [4.69, 9.17) is 0 Å². The Morgan fingerprint density at radius 1 is 0.941 bits per heavy atom. The molecule has 1 N–H and O–H groups in total. The van der Waals surface area contributed by atoms with E-state index >= 15 is 0 Å². The number of H-pyrrole nitrogens is 1. The van der Waals surface area contributed by atoms with Gasteiger partial charge >= 0.3 is 6.36 Å². The average molecular weight is 490 g/mol. The summed E-state index contributed by atoms with van der Waals surface area (Å²) in [6, 6.07) is 16.1. The number of nitrogens with one attached hydrogen (secondary N) is 1. The smallest absolute Gasteiger partial charge is 0.406 e. The molecule has 0 atom stereocenters. The number of hydrogen-bond acceptors (Lipinski definition) is 7. The Kier molecular flexibility index (Phi) is 6.56. The number of alkyl halides is 3. The normalized spacial score (nSPS) is 12.1. The van der Waals surface area contributed by atoms with Crippen LogP contribution >= 0.6 is 0 Å². The second kappa shape index (κ2) is 9.57. The highest BCUT2D eigenvalue weighted by Gasteiger charge is 2.31. The summed E-state index contributed by atoms with van der Waals surface area (Å²) < 4.78 is 69.1. The quantitative estimate of drug-likeness (QED) is 0.402. The minimum Gasteiger partial charge on any atom is -0.406 e. The van der Waals surface area contributed by atoms with Crippen molar-refractivity contribution in [2.24, 2.45) is 0 Å². The molecule has 0 saturated heterocycles. The van der Waals surface area contributed by atoms with Crippen LogP contribution in [0, 0.1) is 0 Å². The number of nitrogens with zero attached hydrogens (tertiary/aromatic N) is 5. The Bertz CT molecular complexity index is 1320. The molecule has 0 aliphatic carbocycles. The van der Waals surface area contributed by atoms with Crippen LogP contribution in [-0.2, 0) is 23.1 Å². The maximum atomic E-state index is 13.4. The number of halogens is 3. The van der Waals surface area contributed by atoms with Crippen LogP contribution in [-0.4, -0.2) is 44.7 Å². The van der Waals surface area contributed by atoms with Gasteiger partial charge in [0.05, 0.1) is 17.1 Å². The van der Waals surface area contributed by atoms with Crippen molar-refractivity contribution in [1.82, 2.24) is 29.9 Å². The molecule has 0 amide bonds. The number of benzene rings is 2. The first kappa shape index (κ1) is 23.3. The molecule has 0 spiro atoms. The average Bonchev–Trinajstić information content (AvgIpc) is 3.34. The van der Waals surface area contributed by atoms with E-state index in [1.807, 2.05) is 0 Å². The molecule has 0 aliphatic rings. The standard InChI is InChI=1S/C21H17F3N6O3S/c22-21(23,24)33-18-8-10-19(11-9-18)34(31,32)30(14-17-3-1-2-12-25-17)13-15-4-6-16(7-5-15)20-26-28-29-27-20/h1-12H,13-14H2,(H,26,27,28,29). The lowest BCUT2D eigenvalue weighted by Gasteiger charge is -2.22. The summed E-state index contributed by atoms with van der Waals surface area (Å²) in [5, 5.41) is 13.5. The first-order chi connectivity index (χ1) is 16.2. The Balaban J connectivity index is 1.61. The number of hydrogen-bond donors (Lipinski definition) is 1. The number of rotatable bonds is 8. The summed E-state index contributed by atoms with van der Waals surface area (Å²) in [5.41, 5.74) is 1.90. The van der Waals surface area contributed by atoms with Crippen LogP contribution in [0.15, 0.2) is 77.8 Å². The van der Waals surface area contributed by atoms with Gasteiger partial charge in [-0.25, -0.2) is 13.5 Å². The molecule has 0 aliphatic heterocycles. The number of aromatic nitrogens is 5. The van der Waals surface area contributed by atoms with Gasteiger partial charge in [-0.1, -0.05) is 30.3 Å². The summed E-state index contributed by atoms with van der Waals surface area (Å²) in [4.78, 5) is 4.01. The lowest BCUT2D eigenvalue weighted by Crippen LogP contribution is -2.30. The van der Waals surface area contributed by atoms with Crippen LogP contribution < -0.4 is 4.74 Å². The second-order valence-corrected chi connectivity index (χ2v) is 9.00. The van der Waals surface area contributed by atoms with Gasteiger partial charge in [-0.2, -0.15) is 4.31 Å². The van der Waals surface area contributed by atoms with Crippen molar-refractivity contribution in [1.29, 1.82) is 0 Å². The van der Waals surface area contributed by atoms with E-state index in [0.29, 0.717) is 22.6 Å². The highest BCUT2D eigenvalue weighted by atomic mass is 32.2. The van der Waals surface area contributed by atoms with E-state index in [0.717, 1.165) is 24.3 Å². The van der Waals surface area contributed by atoms with Crippen LogP contribution in [0.5, 0.6) is 5.75 Å². The first-order valence-corrected chi connectivity index (χ1v) is 11.2. The molecule has 0 saturated carbocycles. The van der Waals surface area contributed by atoms with Crippen LogP contribution in [0.3, 0.4) is 0 Å². The summed E-state index contributed by atoms with van der Waals surface area (Å²) in [6.07, 6.45) is -3.33. The molecule has 0 bridgehead atoms. The molecule has 0 radical (unpaired) electrons. The van der Waals surface area contributed by atoms with Gasteiger partial charge in [-0.3, -0.25) is 4.98 Å². The second-order valence-electron chi connectivity index (χ2n) is 7.06. The Morgan fingerprint density at radius 3 is 2.26 bits per heavy atom. The Morgan fingerprint density at radius 2 is 1.68 bits per heavy atom. The summed E-state index contributed by atoms with van der Waals surface area (Å²) in [5.74, 6) is -0.0501. The zero-order chi connectivity index (χ0) is 24.2. The molecule has 0 fully saturated rings. The maximum Gasteiger partial charge on any atom is 0.573 e. The molecule has 176 valence electrons. The van der Waals surface area contributed by atoms with Crippen molar-refractivity contribution in [2.45, 2.75) is 24.3 Å². The third kappa shape index (κ3) is 5.74. The summed E-state index contributed by atoms with van der Waals surface area (Å²) in [7, 11) is -4.09. The van der Waals surface area contributed by atoms with Gasteiger partial charge in [0.2, 0.25) is 10.0 Å². The van der Waals surface area contributed by atoms with Crippen LogP contribution in [0.2, 0.25) is 0 Å². The van der Waals surface area contributed by atoms with E-state index in [1.54, 1.807) is 48.7 Å². The molecule has 4 rings (SSSR count). The molecule has 34 heavy (non-hydrogen) atoms. The van der Waals surface area contributed by atoms with Crippen molar-refractivity contribution in [3.8, 4) is 17.1 Å². The predicted octanol–water partition coefficient (Wildman–Crippen LogP) is 3.55. The maximum absolute atomic E-state index is 13.4. The highest BCUT2D eigenvalue weighted by Crippen LogP contribution is 2.27. The fourth-order valence-electron chi connectivity index (χ4n) is 3.11. The van der Waals surface area contributed by atoms with Crippen molar-refractivity contribution in [2.75, 3.05) is 0 Å². The van der Waals surface area contributed by atoms with E-state index in [1.165, 1.54) is 4.31 Å². The molecule has 4 aromatic rings. The number of pyridine rings is 1. The molecule has 9 nitrogen and oxygen atoms in total. The van der Waals surface area contributed by atoms with Crippen molar-refractivity contribution >= 4 is 10.0 Å². The molecule has 2 aromatic carbocycles. The van der Waals surface area contributed by atoms with Gasteiger partial charge in [0.25, 0.3) is 0 Å². The summed E-state index contributed by atoms with van der Waals surface area (Å²) in [6.45, 7) is -0.0492. The highest BCUT2D eigenvalue weighted by molar-refractivity contribution is 7.89. The third-order valence-corrected chi connectivity index (χ3v) is 6.50. The number of aromatic amines is 1. The van der Waals surface area contributed by atoms with Gasteiger partial charge in [0, 0.05) is 18.3 Å². The predicted molar refractivity (Wildman–Crippen MR) is 113 cm³/mol. The molecular formula is C21H17F3N6O3S. The molecule has 2 aromatic heterocycles. The number of ether oxygens (including phenoxy) is 1. The van der Waals surface area contributed by atoms with Gasteiger partial charge in [-0.05, 0) is 52.4 Å². The zero-order valence-corrected chi connectivity index (χ0v) is 18.2. The number of sulfonamides is 1. The monoisotopic (exact) mass is 490 g/mol. The molecular weight excluding hydrogens is 473 g/mol. The minimum atomic E-state index is -4.88. The fourth-order valence-corrected chi connectivity index (χ4v) is 4.51. The number of tetrazole rings is 1. The fraction of sp³-hybridized carbons (Fsp3) is 0.143. The van der Waals surface area contributed by atoms with E-state index in [2.05, 4.69) is 30.3 Å². The summed E-state index contributed by atoms with van der Waals surface area (Å²) >= 11 is 0. The van der Waals surface area contributed by atoms with Crippen LogP contribution in [0.1, 0.15) is 11.3 Å². The van der Waals surface area contributed by atoms with Crippen molar-refractivity contribution in [3.05, 3.63) is 84.2 Å². The topological polar surface area (TPSA) is 114 Å². The lowest BCUT2D eigenvalue weighted by molar-refractivity contribution is -0.274. The minimum absolute atomic E-state index is 0.00531. The van der Waals surface area contributed by atoms with Crippen LogP contribution in [0.4, 0.5) is 13.2 Å². The van der Waals surface area contributed by atoms with E-state index < -0.39 is 22.1 Å². The van der Waals surface area contributed by atoms with E-state index in [9.17, 15) is 21.6 Å². The van der Waals surface area contributed by atoms with E-state index in [-0.39, 0.29) is 18.0 Å².